The maximum Gasteiger partial charge on any atom is 0.418 e. The molecular weight excluding hydrogens is 271 g/mol. The molecule has 0 radical (unpaired) electrons. The van der Waals surface area contributed by atoms with Crippen LogP contribution in [0.15, 0.2) is 35.6 Å². The van der Waals surface area contributed by atoms with E-state index in [1.165, 1.54) is 6.21 Å². The molecule has 104 valence electrons. The van der Waals surface area contributed by atoms with E-state index >= 15 is 0 Å². The van der Waals surface area contributed by atoms with Crippen molar-refractivity contribution in [2.75, 3.05) is 5.73 Å². The number of hydrogen-bond donors (Lipinski definition) is 3. The van der Waals surface area contributed by atoms with Crippen molar-refractivity contribution in [1.29, 1.82) is 5.41 Å². The molecule has 0 aromatic carbocycles. The third-order valence-corrected chi connectivity index (χ3v) is 2.44. The first-order valence-electron chi connectivity index (χ1n) is 5.47. The Bertz CT molecular complexity index is 644. The number of alkyl halides is 3. The maximum atomic E-state index is 12.8. The molecule has 0 fully saturated rings. The van der Waals surface area contributed by atoms with E-state index in [9.17, 15) is 13.2 Å². The first-order chi connectivity index (χ1) is 9.38. The van der Waals surface area contributed by atoms with Crippen molar-refractivity contribution in [1.82, 2.24) is 9.97 Å². The average Bonchev–Trinajstić information content (AvgIpc) is 2.87. The predicted octanol–water partition coefficient (Wildman–Crippen LogP) is 2.46. The van der Waals surface area contributed by atoms with E-state index in [4.69, 9.17) is 11.1 Å². The van der Waals surface area contributed by atoms with Gasteiger partial charge in [-0.25, -0.2) is 9.98 Å². The molecule has 4 N–H and O–H groups in total. The lowest BCUT2D eigenvalue weighted by atomic mass is 10.1. The number of hydrogen-bond acceptors (Lipinski definition) is 3. The van der Waals surface area contributed by atoms with Gasteiger partial charge in [-0.05, 0) is 18.2 Å². The van der Waals surface area contributed by atoms with Crippen LogP contribution < -0.4 is 5.73 Å². The number of H-pyrrole nitrogens is 1. The second-order valence-corrected chi connectivity index (χ2v) is 3.88. The second-order valence-electron chi connectivity index (χ2n) is 3.88. The highest BCUT2D eigenvalue weighted by Gasteiger charge is 2.35. The summed E-state index contributed by atoms with van der Waals surface area (Å²) in [7, 11) is 0. The van der Waals surface area contributed by atoms with Crippen LogP contribution in [0.3, 0.4) is 0 Å². The lowest BCUT2D eigenvalue weighted by Gasteiger charge is -2.11. The number of aliphatic imine (C=N–C) groups is 1. The monoisotopic (exact) mass is 281 g/mol. The van der Waals surface area contributed by atoms with Gasteiger partial charge in [0.15, 0.2) is 5.84 Å². The van der Waals surface area contributed by atoms with E-state index in [0.717, 1.165) is 6.07 Å². The van der Waals surface area contributed by atoms with E-state index in [2.05, 4.69) is 15.0 Å². The maximum absolute atomic E-state index is 12.8. The summed E-state index contributed by atoms with van der Waals surface area (Å²) in [6.45, 7) is 0. The number of nitrogen functional groups attached to an aromatic ring is 1. The summed E-state index contributed by atoms with van der Waals surface area (Å²) in [4.78, 5) is 9.89. The van der Waals surface area contributed by atoms with Crippen LogP contribution in [0.2, 0.25) is 0 Å². The molecule has 0 spiro atoms. The predicted molar refractivity (Wildman–Crippen MR) is 68.9 cm³/mol. The Morgan fingerprint density at radius 1 is 1.45 bits per heavy atom. The van der Waals surface area contributed by atoms with Crippen molar-refractivity contribution >= 4 is 17.9 Å². The number of pyridine rings is 1. The molecule has 2 aromatic heterocycles. The number of amidine groups is 1. The third-order valence-electron chi connectivity index (χ3n) is 2.44. The molecule has 0 atom stereocenters. The van der Waals surface area contributed by atoms with Gasteiger partial charge in [0, 0.05) is 18.0 Å². The normalized spacial score (nSPS) is 11.9. The highest BCUT2D eigenvalue weighted by molar-refractivity contribution is 6.04. The van der Waals surface area contributed by atoms with Crippen LogP contribution in [0.25, 0.3) is 0 Å². The first-order valence-corrected chi connectivity index (χ1v) is 5.47. The van der Waals surface area contributed by atoms with Crippen molar-refractivity contribution < 1.29 is 13.2 Å². The number of rotatable bonds is 2. The summed E-state index contributed by atoms with van der Waals surface area (Å²) in [5.74, 6) is -0.645. The minimum Gasteiger partial charge on any atom is -0.384 e. The van der Waals surface area contributed by atoms with E-state index in [1.54, 1.807) is 18.3 Å². The molecule has 0 amide bonds. The van der Waals surface area contributed by atoms with Gasteiger partial charge in [-0.15, -0.1) is 0 Å². The number of halogens is 3. The van der Waals surface area contributed by atoms with Crippen molar-refractivity contribution in [2.24, 2.45) is 4.99 Å². The van der Waals surface area contributed by atoms with Gasteiger partial charge in [-0.1, -0.05) is 0 Å². The van der Waals surface area contributed by atoms with Gasteiger partial charge in [0.2, 0.25) is 0 Å². The number of nitrogens with zero attached hydrogens (tertiary/aromatic N) is 2. The van der Waals surface area contributed by atoms with Crippen LogP contribution >= 0.6 is 0 Å². The van der Waals surface area contributed by atoms with Gasteiger partial charge in [0.25, 0.3) is 0 Å². The first kappa shape index (κ1) is 13.8. The zero-order valence-corrected chi connectivity index (χ0v) is 10.1. The SMILES string of the molecule is N=C(N=Cc1ccc[nH]1)c1cc(N)ncc1C(F)(F)F. The second kappa shape index (κ2) is 5.16. The molecule has 0 unspecified atom stereocenters. The third kappa shape index (κ3) is 3.02. The zero-order chi connectivity index (χ0) is 14.8. The molecule has 0 bridgehead atoms. The molecule has 0 aliphatic heterocycles. The Kier molecular flexibility index (Phi) is 3.55. The standard InChI is InChI=1S/C12H10F3N5/c13-12(14,15)9-6-19-10(16)4-8(9)11(17)20-5-7-2-1-3-18-7/h1-6,17-18H,(H2,16,19). The number of aromatic nitrogens is 2. The molecule has 2 heterocycles. The highest BCUT2D eigenvalue weighted by atomic mass is 19.4. The van der Waals surface area contributed by atoms with E-state index in [0.29, 0.717) is 11.9 Å². The molecule has 2 aromatic rings. The van der Waals surface area contributed by atoms with Gasteiger partial charge in [-0.2, -0.15) is 13.2 Å². The van der Waals surface area contributed by atoms with Crippen LogP contribution in [0.4, 0.5) is 19.0 Å². The molecule has 0 saturated carbocycles. The summed E-state index contributed by atoms with van der Waals surface area (Å²) in [6.07, 6.45) is -1.12. The molecule has 0 saturated heterocycles. The summed E-state index contributed by atoms with van der Waals surface area (Å²) < 4.78 is 38.5. The molecule has 20 heavy (non-hydrogen) atoms. The lowest BCUT2D eigenvalue weighted by molar-refractivity contribution is -0.137. The Morgan fingerprint density at radius 2 is 2.20 bits per heavy atom. The summed E-state index contributed by atoms with van der Waals surface area (Å²) in [5.41, 5.74) is 4.49. The summed E-state index contributed by atoms with van der Waals surface area (Å²) in [6, 6.07) is 4.36. The summed E-state index contributed by atoms with van der Waals surface area (Å²) in [5, 5.41) is 7.65. The van der Waals surface area contributed by atoms with Crippen LogP contribution in [0.5, 0.6) is 0 Å². The quantitative estimate of drug-likeness (QED) is 0.583. The van der Waals surface area contributed by atoms with Crippen molar-refractivity contribution in [3.63, 3.8) is 0 Å². The van der Waals surface area contributed by atoms with E-state index < -0.39 is 23.1 Å². The van der Waals surface area contributed by atoms with E-state index in [1.807, 2.05) is 0 Å². The molecule has 0 aliphatic carbocycles. The van der Waals surface area contributed by atoms with Crippen LogP contribution in [0, 0.1) is 5.41 Å². The van der Waals surface area contributed by atoms with Gasteiger partial charge >= 0.3 is 6.18 Å². The fraction of sp³-hybridized carbons (Fsp3) is 0.0833. The van der Waals surface area contributed by atoms with Crippen LogP contribution in [-0.2, 0) is 6.18 Å². The molecular formula is C12H10F3N5. The lowest BCUT2D eigenvalue weighted by Crippen LogP contribution is -2.14. The fourth-order valence-corrected chi connectivity index (χ4v) is 1.52. The number of nitrogens with two attached hydrogens (primary N) is 1. The van der Waals surface area contributed by atoms with Gasteiger partial charge in [0.05, 0.1) is 17.5 Å². The zero-order valence-electron chi connectivity index (χ0n) is 10.1. The average molecular weight is 281 g/mol. The molecule has 5 nitrogen and oxygen atoms in total. The highest BCUT2D eigenvalue weighted by Crippen LogP contribution is 2.32. The van der Waals surface area contributed by atoms with E-state index in [-0.39, 0.29) is 5.82 Å². The van der Waals surface area contributed by atoms with Crippen molar-refractivity contribution in [3.8, 4) is 0 Å². The largest absolute Gasteiger partial charge is 0.418 e. The van der Waals surface area contributed by atoms with Crippen LogP contribution in [0.1, 0.15) is 16.8 Å². The number of nitrogens with one attached hydrogen (secondary N) is 2. The fourth-order valence-electron chi connectivity index (χ4n) is 1.52. The molecule has 0 aliphatic rings. The Hall–Kier alpha value is -2.64. The summed E-state index contributed by atoms with van der Waals surface area (Å²) >= 11 is 0. The Morgan fingerprint density at radius 3 is 2.80 bits per heavy atom. The smallest absolute Gasteiger partial charge is 0.384 e. The minimum atomic E-state index is -4.62. The Balaban J connectivity index is 2.36. The number of aromatic amines is 1. The minimum absolute atomic E-state index is 0.104. The Labute approximate surface area is 111 Å². The van der Waals surface area contributed by atoms with Crippen molar-refractivity contribution in [2.45, 2.75) is 6.18 Å². The van der Waals surface area contributed by atoms with Gasteiger partial charge in [0.1, 0.15) is 5.82 Å². The molecule has 2 rings (SSSR count). The van der Waals surface area contributed by atoms with Gasteiger partial charge in [-0.3, -0.25) is 5.41 Å². The van der Waals surface area contributed by atoms with Gasteiger partial charge < -0.3 is 10.7 Å². The number of anilines is 1. The van der Waals surface area contributed by atoms with Crippen LogP contribution in [-0.4, -0.2) is 22.0 Å². The molecule has 8 heteroatoms. The topological polar surface area (TPSA) is 90.9 Å². The van der Waals surface area contributed by atoms with Crippen molar-refractivity contribution in [3.05, 3.63) is 47.4 Å².